The number of aromatic nitrogens is 3. The monoisotopic (exact) mass is 416 g/mol. The number of allylic oxidation sites excluding steroid dienone is 1. The Morgan fingerprint density at radius 3 is 2.81 bits per heavy atom. The standard InChI is InChI=1S/C24H25FN6/c1-3-14-6-7-17(25)9-18(14)16-8-19(26)23(28-10-16)22(27)24-29-20-11-31(12-21(20)30-24)13(2)15-4-5-15/h6-10,15,27H,2-5,11-12,26H2,1H3,(H,29,30). The van der Waals surface area contributed by atoms with Gasteiger partial charge in [-0.1, -0.05) is 19.6 Å². The highest BCUT2D eigenvalue weighted by molar-refractivity contribution is 6.10. The Balaban J connectivity index is 1.38. The zero-order valence-corrected chi connectivity index (χ0v) is 17.5. The molecular formula is C24H25FN6. The normalized spacial score (nSPS) is 15.2. The molecule has 7 heteroatoms. The third-order valence-electron chi connectivity index (χ3n) is 6.16. The molecule has 0 bridgehead atoms. The molecule has 31 heavy (non-hydrogen) atoms. The first-order valence-corrected chi connectivity index (χ1v) is 10.6. The van der Waals surface area contributed by atoms with Crippen LogP contribution in [-0.2, 0) is 19.5 Å². The molecule has 3 aromatic rings. The van der Waals surface area contributed by atoms with Crippen LogP contribution in [0.4, 0.5) is 10.1 Å². The summed E-state index contributed by atoms with van der Waals surface area (Å²) in [5, 5.41) is 8.59. The minimum atomic E-state index is -0.300. The summed E-state index contributed by atoms with van der Waals surface area (Å²) >= 11 is 0. The summed E-state index contributed by atoms with van der Waals surface area (Å²) in [5.41, 5.74) is 12.8. The lowest BCUT2D eigenvalue weighted by molar-refractivity contribution is 0.339. The van der Waals surface area contributed by atoms with E-state index in [1.165, 1.54) is 30.7 Å². The third kappa shape index (κ3) is 3.50. The fraction of sp³-hybridized carbons (Fsp3) is 0.292. The van der Waals surface area contributed by atoms with Crippen molar-refractivity contribution >= 4 is 11.4 Å². The summed E-state index contributed by atoms with van der Waals surface area (Å²) in [4.78, 5) is 14.6. The molecule has 3 heterocycles. The van der Waals surface area contributed by atoms with Gasteiger partial charge in [-0.05, 0) is 54.5 Å². The van der Waals surface area contributed by atoms with Gasteiger partial charge in [-0.2, -0.15) is 0 Å². The summed E-state index contributed by atoms with van der Waals surface area (Å²) in [6.07, 6.45) is 4.87. The molecule has 2 aromatic heterocycles. The number of rotatable bonds is 6. The van der Waals surface area contributed by atoms with E-state index in [2.05, 4.69) is 26.4 Å². The van der Waals surface area contributed by atoms with Crippen molar-refractivity contribution < 1.29 is 4.39 Å². The first kappa shape index (κ1) is 19.5. The van der Waals surface area contributed by atoms with E-state index in [1.807, 2.05) is 6.92 Å². The number of H-pyrrole nitrogens is 1. The van der Waals surface area contributed by atoms with Gasteiger partial charge in [0.05, 0.1) is 30.2 Å². The van der Waals surface area contributed by atoms with Gasteiger partial charge in [0, 0.05) is 17.5 Å². The first-order valence-electron chi connectivity index (χ1n) is 10.6. The Kier molecular flexibility index (Phi) is 4.61. The molecule has 0 spiro atoms. The summed E-state index contributed by atoms with van der Waals surface area (Å²) in [7, 11) is 0. The predicted molar refractivity (Wildman–Crippen MR) is 119 cm³/mol. The van der Waals surface area contributed by atoms with Gasteiger partial charge in [-0.25, -0.2) is 9.37 Å². The van der Waals surface area contributed by atoms with Crippen molar-refractivity contribution in [3.63, 3.8) is 0 Å². The number of anilines is 1. The average Bonchev–Trinajstić information content (AvgIpc) is 3.42. The fourth-order valence-corrected chi connectivity index (χ4v) is 4.21. The van der Waals surface area contributed by atoms with Crippen LogP contribution in [0.25, 0.3) is 11.1 Å². The second-order valence-corrected chi connectivity index (χ2v) is 8.32. The van der Waals surface area contributed by atoms with E-state index in [4.69, 9.17) is 11.1 Å². The number of hydrogen-bond acceptors (Lipinski definition) is 5. The number of nitrogens with zero attached hydrogens (tertiary/aromatic N) is 3. The van der Waals surface area contributed by atoms with Gasteiger partial charge in [0.2, 0.25) is 0 Å². The Bertz CT molecular complexity index is 1180. The smallest absolute Gasteiger partial charge is 0.158 e. The molecular weight excluding hydrogens is 391 g/mol. The maximum absolute atomic E-state index is 13.8. The van der Waals surface area contributed by atoms with Gasteiger partial charge in [-0.3, -0.25) is 10.4 Å². The molecule has 5 rings (SSSR count). The highest BCUT2D eigenvalue weighted by Gasteiger charge is 2.33. The van der Waals surface area contributed by atoms with Crippen molar-refractivity contribution in [3.05, 3.63) is 77.0 Å². The van der Waals surface area contributed by atoms with E-state index in [9.17, 15) is 4.39 Å². The Morgan fingerprint density at radius 2 is 2.13 bits per heavy atom. The molecule has 4 N–H and O–H groups in total. The number of benzene rings is 1. The number of fused-ring (bicyclic) bond motifs is 1. The molecule has 0 saturated heterocycles. The van der Waals surface area contributed by atoms with E-state index in [0.717, 1.165) is 47.6 Å². The lowest BCUT2D eigenvalue weighted by atomic mass is 9.98. The zero-order chi connectivity index (χ0) is 21.7. The number of hydrogen-bond donors (Lipinski definition) is 3. The maximum Gasteiger partial charge on any atom is 0.158 e. The lowest BCUT2D eigenvalue weighted by Gasteiger charge is -2.20. The number of nitrogen functional groups attached to an aromatic ring is 1. The SMILES string of the molecule is C=C(C1CC1)N1Cc2nc(C(=N)c3ncc(-c4cc(F)ccc4CC)cc3N)[nH]c2C1. The Hall–Kier alpha value is -3.48. The summed E-state index contributed by atoms with van der Waals surface area (Å²) in [6, 6.07) is 6.49. The van der Waals surface area contributed by atoms with E-state index in [-0.39, 0.29) is 11.5 Å². The molecule has 2 aliphatic rings. The van der Waals surface area contributed by atoms with Gasteiger partial charge >= 0.3 is 0 Å². The second kappa shape index (κ2) is 7.34. The van der Waals surface area contributed by atoms with E-state index in [1.54, 1.807) is 18.3 Å². The number of nitrogens with one attached hydrogen (secondary N) is 2. The summed E-state index contributed by atoms with van der Waals surface area (Å²) in [6.45, 7) is 7.70. The van der Waals surface area contributed by atoms with E-state index < -0.39 is 0 Å². The molecule has 1 aliphatic heterocycles. The van der Waals surface area contributed by atoms with Crippen molar-refractivity contribution in [1.82, 2.24) is 19.9 Å². The largest absolute Gasteiger partial charge is 0.397 e. The predicted octanol–water partition coefficient (Wildman–Crippen LogP) is 4.41. The van der Waals surface area contributed by atoms with E-state index >= 15 is 0 Å². The molecule has 0 amide bonds. The number of pyridine rings is 1. The van der Waals surface area contributed by atoms with Crippen LogP contribution in [0.3, 0.4) is 0 Å². The van der Waals surface area contributed by atoms with Crippen molar-refractivity contribution in [1.29, 1.82) is 5.41 Å². The van der Waals surface area contributed by atoms with Gasteiger partial charge in [0.1, 0.15) is 17.2 Å². The number of aryl methyl sites for hydroxylation is 1. The molecule has 6 nitrogen and oxygen atoms in total. The number of imidazole rings is 1. The van der Waals surface area contributed by atoms with Gasteiger partial charge in [0.15, 0.2) is 5.82 Å². The van der Waals surface area contributed by atoms with Gasteiger partial charge in [-0.15, -0.1) is 0 Å². The van der Waals surface area contributed by atoms with E-state index in [0.29, 0.717) is 23.1 Å². The molecule has 1 aromatic carbocycles. The molecule has 1 saturated carbocycles. The summed E-state index contributed by atoms with van der Waals surface area (Å²) in [5.74, 6) is 0.787. The van der Waals surface area contributed by atoms with Gasteiger partial charge < -0.3 is 15.6 Å². The van der Waals surface area contributed by atoms with Crippen LogP contribution >= 0.6 is 0 Å². The topological polar surface area (TPSA) is 94.7 Å². The number of aromatic amines is 1. The Labute approximate surface area is 180 Å². The lowest BCUT2D eigenvalue weighted by Crippen LogP contribution is -2.18. The molecule has 0 atom stereocenters. The van der Waals surface area contributed by atoms with Crippen molar-refractivity contribution in [2.45, 2.75) is 39.3 Å². The quantitative estimate of drug-likeness (QED) is 0.519. The van der Waals surface area contributed by atoms with Crippen LogP contribution in [0.1, 0.15) is 48.2 Å². The molecule has 1 aliphatic carbocycles. The zero-order valence-electron chi connectivity index (χ0n) is 17.5. The van der Waals surface area contributed by atoms with Crippen LogP contribution in [0.15, 0.2) is 42.7 Å². The van der Waals surface area contributed by atoms with Crippen molar-refractivity contribution in [2.75, 3.05) is 5.73 Å². The highest BCUT2D eigenvalue weighted by atomic mass is 19.1. The van der Waals surface area contributed by atoms with Crippen LogP contribution < -0.4 is 5.73 Å². The Morgan fingerprint density at radius 1 is 1.32 bits per heavy atom. The van der Waals surface area contributed by atoms with Crippen LogP contribution in [-0.4, -0.2) is 25.6 Å². The molecule has 1 fully saturated rings. The first-order chi connectivity index (χ1) is 14.9. The van der Waals surface area contributed by atoms with Crippen LogP contribution in [0.2, 0.25) is 0 Å². The molecule has 0 radical (unpaired) electrons. The molecule has 0 unspecified atom stereocenters. The van der Waals surface area contributed by atoms with Crippen molar-refractivity contribution in [2.24, 2.45) is 5.92 Å². The average molecular weight is 417 g/mol. The van der Waals surface area contributed by atoms with Crippen molar-refractivity contribution in [3.8, 4) is 11.1 Å². The van der Waals surface area contributed by atoms with Gasteiger partial charge in [0.25, 0.3) is 0 Å². The fourth-order valence-electron chi connectivity index (χ4n) is 4.21. The second-order valence-electron chi connectivity index (χ2n) is 8.32. The number of nitrogens with two attached hydrogens (primary N) is 1. The highest BCUT2D eigenvalue weighted by Crippen LogP contribution is 2.40. The summed E-state index contributed by atoms with van der Waals surface area (Å²) < 4.78 is 13.8. The molecule has 158 valence electrons. The van der Waals surface area contributed by atoms with Crippen LogP contribution in [0, 0.1) is 17.1 Å². The minimum absolute atomic E-state index is 0.154. The third-order valence-corrected chi connectivity index (χ3v) is 6.16. The number of halogens is 1. The van der Waals surface area contributed by atoms with Crippen LogP contribution in [0.5, 0.6) is 0 Å². The minimum Gasteiger partial charge on any atom is -0.397 e. The maximum atomic E-state index is 13.8.